The van der Waals surface area contributed by atoms with Gasteiger partial charge in [-0.2, -0.15) is 5.10 Å². The van der Waals surface area contributed by atoms with Crippen molar-refractivity contribution < 1.29 is 4.79 Å². The smallest absolute Gasteiger partial charge is 0.272 e. The third-order valence-corrected chi connectivity index (χ3v) is 6.33. The average molecular weight is 502 g/mol. The summed E-state index contributed by atoms with van der Waals surface area (Å²) in [4.78, 5) is 13.1. The van der Waals surface area contributed by atoms with Crippen molar-refractivity contribution in [3.05, 3.63) is 97.9 Å². The van der Waals surface area contributed by atoms with Gasteiger partial charge >= 0.3 is 0 Å². The van der Waals surface area contributed by atoms with Gasteiger partial charge in [0.15, 0.2) is 5.69 Å². The van der Waals surface area contributed by atoms with Gasteiger partial charge < -0.3 is 9.88 Å². The van der Waals surface area contributed by atoms with Gasteiger partial charge in [0.05, 0.1) is 10.7 Å². The number of carbonyl (C=O) groups is 1. The van der Waals surface area contributed by atoms with Crippen molar-refractivity contribution in [2.24, 2.45) is 0 Å². The molecule has 0 aliphatic rings. The Balaban J connectivity index is 1.70. The third-order valence-electron chi connectivity index (χ3n) is 5.54. The van der Waals surface area contributed by atoms with E-state index in [4.69, 9.17) is 34.8 Å². The molecule has 4 aromatic rings. The quantitative estimate of drug-likeness (QED) is 0.327. The number of nitrogens with zero attached hydrogens (tertiary/aromatic N) is 3. The first-order chi connectivity index (χ1) is 15.8. The molecule has 2 heterocycles. The fourth-order valence-corrected chi connectivity index (χ4v) is 4.46. The summed E-state index contributed by atoms with van der Waals surface area (Å²) >= 11 is 18.6. The Morgan fingerprint density at radius 1 is 0.909 bits per heavy atom. The van der Waals surface area contributed by atoms with Gasteiger partial charge in [-0.3, -0.25) is 4.79 Å². The molecule has 0 saturated heterocycles. The summed E-state index contributed by atoms with van der Waals surface area (Å²) in [5.74, 6) is 0.524. The molecule has 0 atom stereocenters. The second-order valence-electron chi connectivity index (χ2n) is 7.89. The van der Waals surface area contributed by atoms with E-state index in [0.29, 0.717) is 39.4 Å². The van der Waals surface area contributed by atoms with Gasteiger partial charge in [0, 0.05) is 33.5 Å². The molecule has 4 rings (SSSR count). The summed E-state index contributed by atoms with van der Waals surface area (Å²) in [6, 6.07) is 16.9. The minimum atomic E-state index is -0.242. The number of rotatable bonds is 6. The van der Waals surface area contributed by atoms with E-state index in [1.807, 2.05) is 57.2 Å². The molecule has 170 valence electrons. The van der Waals surface area contributed by atoms with Crippen molar-refractivity contribution in [1.82, 2.24) is 19.7 Å². The van der Waals surface area contributed by atoms with Gasteiger partial charge in [-0.25, -0.2) is 4.68 Å². The van der Waals surface area contributed by atoms with Crippen LogP contribution in [0.3, 0.4) is 0 Å². The van der Waals surface area contributed by atoms with Crippen LogP contribution >= 0.6 is 34.8 Å². The molecular weight excluding hydrogens is 479 g/mol. The number of carbonyl (C=O) groups excluding carboxylic acids is 1. The molecule has 0 fully saturated rings. The maximum atomic E-state index is 13.1. The van der Waals surface area contributed by atoms with E-state index in [2.05, 4.69) is 15.0 Å². The maximum Gasteiger partial charge on any atom is 0.272 e. The summed E-state index contributed by atoms with van der Waals surface area (Å²) in [6.07, 6.45) is 0.689. The Labute approximate surface area is 207 Å². The molecule has 5 nitrogen and oxygen atoms in total. The highest BCUT2D eigenvalue weighted by atomic mass is 35.5. The molecule has 0 bridgehead atoms. The minimum Gasteiger partial charge on any atom is -0.350 e. The number of amides is 1. The fraction of sp³-hybridized carbons (Fsp3) is 0.200. The fourth-order valence-electron chi connectivity index (χ4n) is 3.84. The van der Waals surface area contributed by atoms with Crippen LogP contribution in [0.15, 0.2) is 54.6 Å². The van der Waals surface area contributed by atoms with Crippen molar-refractivity contribution in [1.29, 1.82) is 0 Å². The van der Waals surface area contributed by atoms with Crippen LogP contribution in [0, 0.1) is 20.8 Å². The van der Waals surface area contributed by atoms with E-state index in [1.54, 1.807) is 22.9 Å². The molecule has 0 spiro atoms. The molecule has 0 unspecified atom stereocenters. The van der Waals surface area contributed by atoms with Crippen molar-refractivity contribution >= 4 is 40.7 Å². The van der Waals surface area contributed by atoms with Gasteiger partial charge in [-0.05, 0) is 75.2 Å². The summed E-state index contributed by atoms with van der Waals surface area (Å²) in [5, 5.41) is 9.33. The molecule has 2 aromatic carbocycles. The first-order valence-corrected chi connectivity index (χ1v) is 11.6. The lowest BCUT2D eigenvalue weighted by Gasteiger charge is -2.14. The summed E-state index contributed by atoms with van der Waals surface area (Å²) in [5.41, 5.74) is 4.89. The summed E-state index contributed by atoms with van der Waals surface area (Å²) < 4.78 is 3.78. The first-order valence-electron chi connectivity index (χ1n) is 10.5. The Morgan fingerprint density at radius 2 is 1.55 bits per heavy atom. The molecule has 8 heteroatoms. The summed E-state index contributed by atoms with van der Waals surface area (Å²) in [7, 11) is 0. The highest BCUT2D eigenvalue weighted by Crippen LogP contribution is 2.30. The molecule has 1 amide bonds. The monoisotopic (exact) mass is 500 g/mol. The van der Waals surface area contributed by atoms with Gasteiger partial charge in [0.25, 0.3) is 5.91 Å². The molecular formula is C25H23Cl3N4O. The lowest BCUT2D eigenvalue weighted by molar-refractivity contribution is 0.0948. The standard InChI is InChI=1S/C25H23Cl3N4O/c1-15-4-5-16(2)31(15)25-17(3)23(30-32(25)22-11-10-20(27)14-21(22)28)24(33)29-13-12-18-6-8-19(26)9-7-18/h4-11,14H,12-13H2,1-3H3,(H,29,33). The zero-order valence-electron chi connectivity index (χ0n) is 18.5. The SMILES string of the molecule is Cc1c(C(=O)NCCc2ccc(Cl)cc2)nn(-c2ccc(Cl)cc2Cl)c1-n1c(C)ccc1C. The maximum absolute atomic E-state index is 13.1. The third kappa shape index (κ3) is 4.81. The highest BCUT2D eigenvalue weighted by molar-refractivity contribution is 6.35. The molecule has 0 aliphatic carbocycles. The predicted octanol–water partition coefficient (Wildman–Crippen LogP) is 6.52. The number of aromatic nitrogens is 3. The lowest BCUT2D eigenvalue weighted by Crippen LogP contribution is -2.26. The van der Waals surface area contributed by atoms with Crippen LogP contribution in [0.5, 0.6) is 0 Å². The first kappa shape index (κ1) is 23.4. The average Bonchev–Trinajstić information content (AvgIpc) is 3.27. The van der Waals surface area contributed by atoms with Crippen molar-refractivity contribution in [3.8, 4) is 11.5 Å². The minimum absolute atomic E-state index is 0.242. The Hall–Kier alpha value is -2.73. The second kappa shape index (κ2) is 9.64. The van der Waals surface area contributed by atoms with Crippen molar-refractivity contribution in [2.75, 3.05) is 6.54 Å². The lowest BCUT2D eigenvalue weighted by atomic mass is 10.1. The number of halogens is 3. The van der Waals surface area contributed by atoms with E-state index in [9.17, 15) is 4.79 Å². The van der Waals surface area contributed by atoms with Crippen LogP contribution in [0.2, 0.25) is 15.1 Å². The van der Waals surface area contributed by atoms with E-state index in [1.165, 1.54) is 0 Å². The molecule has 0 aliphatic heterocycles. The topological polar surface area (TPSA) is 51.9 Å². The van der Waals surface area contributed by atoms with Crippen molar-refractivity contribution in [2.45, 2.75) is 27.2 Å². The largest absolute Gasteiger partial charge is 0.350 e. The molecule has 1 N–H and O–H groups in total. The Kier molecular flexibility index (Phi) is 6.84. The van der Waals surface area contributed by atoms with E-state index < -0.39 is 0 Å². The normalized spacial score (nSPS) is 11.1. The van der Waals surface area contributed by atoms with Gasteiger partial charge in [-0.15, -0.1) is 0 Å². The Morgan fingerprint density at radius 3 is 2.18 bits per heavy atom. The van der Waals surface area contributed by atoms with Gasteiger partial charge in [-0.1, -0.05) is 46.9 Å². The number of hydrogen-bond acceptors (Lipinski definition) is 2. The number of nitrogens with one attached hydrogen (secondary N) is 1. The van der Waals surface area contributed by atoms with Crippen LogP contribution in [-0.2, 0) is 6.42 Å². The summed E-state index contributed by atoms with van der Waals surface area (Å²) in [6.45, 7) is 6.40. The molecule has 2 aromatic heterocycles. The van der Waals surface area contributed by atoms with Crippen LogP contribution in [0.4, 0.5) is 0 Å². The second-order valence-corrected chi connectivity index (χ2v) is 9.17. The molecule has 0 radical (unpaired) electrons. The van der Waals surface area contributed by atoms with Gasteiger partial charge in [0.1, 0.15) is 5.82 Å². The van der Waals surface area contributed by atoms with Crippen LogP contribution in [0.25, 0.3) is 11.5 Å². The molecule has 0 saturated carbocycles. The van der Waals surface area contributed by atoms with Crippen LogP contribution in [0.1, 0.15) is 33.0 Å². The molecule has 33 heavy (non-hydrogen) atoms. The van der Waals surface area contributed by atoms with Crippen LogP contribution in [-0.4, -0.2) is 26.8 Å². The zero-order valence-corrected chi connectivity index (χ0v) is 20.8. The highest BCUT2D eigenvalue weighted by Gasteiger charge is 2.24. The van der Waals surface area contributed by atoms with Crippen LogP contribution < -0.4 is 5.32 Å². The predicted molar refractivity (Wildman–Crippen MR) is 135 cm³/mol. The van der Waals surface area contributed by atoms with Crippen molar-refractivity contribution in [3.63, 3.8) is 0 Å². The number of benzene rings is 2. The van der Waals surface area contributed by atoms with E-state index in [0.717, 1.165) is 28.3 Å². The Bertz CT molecular complexity index is 1300. The zero-order chi connectivity index (χ0) is 23.7. The van der Waals surface area contributed by atoms with E-state index in [-0.39, 0.29) is 5.91 Å². The van der Waals surface area contributed by atoms with E-state index >= 15 is 0 Å². The number of hydrogen-bond donors (Lipinski definition) is 1. The van der Waals surface area contributed by atoms with Gasteiger partial charge in [0.2, 0.25) is 0 Å². The number of aryl methyl sites for hydroxylation is 2.